The molecular formula is C22H24O7. The summed E-state index contributed by atoms with van der Waals surface area (Å²) in [7, 11) is 1.52. The van der Waals surface area contributed by atoms with Crippen LogP contribution in [0, 0.1) is 0 Å². The summed E-state index contributed by atoms with van der Waals surface area (Å²) in [5.74, 6) is -2.49. The van der Waals surface area contributed by atoms with Crippen molar-refractivity contribution in [2.24, 2.45) is 0 Å². The fraction of sp³-hybridized carbons (Fsp3) is 0.318. The third-order valence-corrected chi connectivity index (χ3v) is 5.18. The second kappa shape index (κ2) is 7.33. The molecule has 1 aliphatic heterocycles. The van der Waals surface area contributed by atoms with Crippen molar-refractivity contribution < 1.29 is 34.7 Å². The van der Waals surface area contributed by atoms with Crippen LogP contribution in [0.5, 0.6) is 28.7 Å². The lowest BCUT2D eigenvalue weighted by molar-refractivity contribution is -0.0415. The Hall–Kier alpha value is -3.19. The largest absolute Gasteiger partial charge is 0.504 e. The van der Waals surface area contributed by atoms with Gasteiger partial charge in [-0.25, -0.2) is 0 Å². The van der Waals surface area contributed by atoms with Gasteiger partial charge >= 0.3 is 0 Å². The molecule has 1 heterocycles. The Morgan fingerprint density at radius 2 is 1.76 bits per heavy atom. The lowest BCUT2D eigenvalue weighted by Gasteiger charge is -2.40. The number of Topliss-reactive ketones (excluding diaryl/α,β-unsaturated/α-hetero) is 1. The van der Waals surface area contributed by atoms with Crippen molar-refractivity contribution in [2.45, 2.75) is 38.9 Å². The van der Waals surface area contributed by atoms with Crippen molar-refractivity contribution in [2.75, 3.05) is 7.11 Å². The highest BCUT2D eigenvalue weighted by Gasteiger charge is 2.49. The molecule has 7 nitrogen and oxygen atoms in total. The Bertz CT molecular complexity index is 987. The normalized spacial score (nSPS) is 20.6. The average molecular weight is 400 g/mol. The van der Waals surface area contributed by atoms with Gasteiger partial charge < -0.3 is 29.9 Å². The molecule has 29 heavy (non-hydrogen) atoms. The molecule has 3 rings (SSSR count). The summed E-state index contributed by atoms with van der Waals surface area (Å²) in [6.45, 7) is 5.27. The maximum atomic E-state index is 13.0. The smallest absolute Gasteiger partial charge is 0.203 e. The van der Waals surface area contributed by atoms with Gasteiger partial charge in [0.1, 0.15) is 17.1 Å². The number of aliphatic hydroxyl groups is 1. The fourth-order valence-electron chi connectivity index (χ4n) is 3.37. The summed E-state index contributed by atoms with van der Waals surface area (Å²) in [4.78, 5) is 13.0. The Kier molecular flexibility index (Phi) is 5.19. The summed E-state index contributed by atoms with van der Waals surface area (Å²) in [6.07, 6.45) is 0.302. The van der Waals surface area contributed by atoms with Crippen molar-refractivity contribution >= 4 is 5.78 Å². The molecule has 0 spiro atoms. The monoisotopic (exact) mass is 400 g/mol. The van der Waals surface area contributed by atoms with Crippen LogP contribution in [-0.2, 0) is 12.0 Å². The molecule has 1 aliphatic rings. The van der Waals surface area contributed by atoms with Crippen LogP contribution in [0.25, 0.3) is 0 Å². The summed E-state index contributed by atoms with van der Waals surface area (Å²) in [6, 6.07) is 6.67. The van der Waals surface area contributed by atoms with E-state index in [9.17, 15) is 25.2 Å². The Balaban J connectivity index is 2.22. The summed E-state index contributed by atoms with van der Waals surface area (Å²) < 4.78 is 11.2. The molecular weight excluding hydrogens is 376 g/mol. The molecule has 2 atom stereocenters. The van der Waals surface area contributed by atoms with E-state index >= 15 is 0 Å². The first-order valence-electron chi connectivity index (χ1n) is 9.10. The molecule has 154 valence electrons. The van der Waals surface area contributed by atoms with Gasteiger partial charge in [0, 0.05) is 5.56 Å². The first kappa shape index (κ1) is 20.5. The minimum absolute atomic E-state index is 0.0658. The van der Waals surface area contributed by atoms with Crippen LogP contribution in [-0.4, -0.2) is 39.4 Å². The number of carbonyl (C=O) groups is 1. The summed E-state index contributed by atoms with van der Waals surface area (Å²) in [5.41, 5.74) is -0.227. The zero-order valence-corrected chi connectivity index (χ0v) is 16.7. The van der Waals surface area contributed by atoms with Crippen LogP contribution in [0.3, 0.4) is 0 Å². The molecule has 0 aromatic heterocycles. The zero-order valence-electron chi connectivity index (χ0n) is 16.7. The highest BCUT2D eigenvalue weighted by atomic mass is 16.5. The van der Waals surface area contributed by atoms with E-state index in [0.717, 1.165) is 5.57 Å². The minimum Gasteiger partial charge on any atom is -0.504 e. The molecule has 0 amide bonds. The summed E-state index contributed by atoms with van der Waals surface area (Å²) in [5, 5.41) is 41.5. The van der Waals surface area contributed by atoms with E-state index in [4.69, 9.17) is 9.47 Å². The number of aromatic hydroxyl groups is 3. The van der Waals surface area contributed by atoms with E-state index in [-0.39, 0.29) is 23.3 Å². The third-order valence-electron chi connectivity index (χ3n) is 5.18. The molecule has 0 fully saturated rings. The minimum atomic E-state index is -1.64. The first-order valence-corrected chi connectivity index (χ1v) is 9.10. The van der Waals surface area contributed by atoms with Gasteiger partial charge in [0.05, 0.1) is 7.11 Å². The number of allylic oxidation sites excluding steroid dienone is 2. The van der Waals surface area contributed by atoms with Gasteiger partial charge in [0.25, 0.3) is 0 Å². The topological polar surface area (TPSA) is 116 Å². The van der Waals surface area contributed by atoms with Crippen molar-refractivity contribution in [1.82, 2.24) is 0 Å². The van der Waals surface area contributed by atoms with Gasteiger partial charge in [-0.05, 0) is 44.9 Å². The molecule has 4 N–H and O–H groups in total. The maximum Gasteiger partial charge on any atom is 0.203 e. The third kappa shape index (κ3) is 3.27. The number of ketones is 1. The number of aliphatic hydroxyl groups excluding tert-OH is 1. The molecule has 0 aliphatic carbocycles. The molecule has 2 unspecified atom stereocenters. The predicted molar refractivity (Wildman–Crippen MR) is 106 cm³/mol. The van der Waals surface area contributed by atoms with Crippen molar-refractivity contribution in [3.8, 4) is 28.7 Å². The predicted octanol–water partition coefficient (Wildman–Crippen LogP) is 3.17. The van der Waals surface area contributed by atoms with E-state index in [2.05, 4.69) is 0 Å². The highest BCUT2D eigenvalue weighted by molar-refractivity contribution is 6.07. The number of hydrogen-bond acceptors (Lipinski definition) is 7. The number of phenols is 3. The van der Waals surface area contributed by atoms with Crippen LogP contribution in [0.15, 0.2) is 35.9 Å². The quantitative estimate of drug-likeness (QED) is 0.460. The standard InChI is InChI=1S/C22H24O7/c1-11(2)5-10-14-16(23)19(26)17(24)15-18(25)21(27)22(3,29-20(14)15)12-6-8-13(28-4)9-7-12/h5-9,21,23-24,26-27H,10H2,1-4H3. The van der Waals surface area contributed by atoms with Crippen LogP contribution in [0.1, 0.15) is 42.3 Å². The molecule has 0 radical (unpaired) electrons. The first-order chi connectivity index (χ1) is 13.6. The molecule has 2 aromatic carbocycles. The Morgan fingerprint density at radius 3 is 2.31 bits per heavy atom. The lowest BCUT2D eigenvalue weighted by Crippen LogP contribution is -2.50. The average Bonchev–Trinajstić information content (AvgIpc) is 2.70. The number of ether oxygens (including phenoxy) is 2. The SMILES string of the molecule is COc1ccc(C2(C)Oc3c(CC=C(C)C)c(O)c(O)c(O)c3C(=O)C2O)cc1. The van der Waals surface area contributed by atoms with E-state index in [1.54, 1.807) is 37.3 Å². The van der Waals surface area contributed by atoms with Crippen molar-refractivity contribution in [1.29, 1.82) is 0 Å². The van der Waals surface area contributed by atoms with Gasteiger partial charge in [-0.1, -0.05) is 23.8 Å². The van der Waals surface area contributed by atoms with Crippen LogP contribution in [0.2, 0.25) is 0 Å². The van der Waals surface area contributed by atoms with Crippen LogP contribution in [0.4, 0.5) is 0 Å². The van der Waals surface area contributed by atoms with Crippen molar-refractivity contribution in [3.05, 3.63) is 52.6 Å². The molecule has 0 saturated carbocycles. The van der Waals surface area contributed by atoms with Crippen LogP contribution < -0.4 is 9.47 Å². The van der Waals surface area contributed by atoms with Crippen LogP contribution >= 0.6 is 0 Å². The van der Waals surface area contributed by atoms with Gasteiger partial charge in [-0.3, -0.25) is 4.79 Å². The lowest BCUT2D eigenvalue weighted by atomic mass is 9.81. The van der Waals surface area contributed by atoms with Gasteiger partial charge in [0.15, 0.2) is 23.2 Å². The fourth-order valence-corrected chi connectivity index (χ4v) is 3.37. The van der Waals surface area contributed by atoms with Gasteiger partial charge in [-0.2, -0.15) is 0 Å². The molecule has 0 bridgehead atoms. The molecule has 7 heteroatoms. The Morgan fingerprint density at radius 1 is 1.14 bits per heavy atom. The number of methoxy groups -OCH3 is 1. The van der Waals surface area contributed by atoms with Gasteiger partial charge in [-0.15, -0.1) is 0 Å². The second-order valence-electron chi connectivity index (χ2n) is 7.42. The highest BCUT2D eigenvalue weighted by Crippen LogP contribution is 2.52. The molecule has 2 aromatic rings. The van der Waals surface area contributed by atoms with Gasteiger partial charge in [0.2, 0.25) is 11.5 Å². The van der Waals surface area contributed by atoms with E-state index in [1.165, 1.54) is 7.11 Å². The van der Waals surface area contributed by atoms with Crippen molar-refractivity contribution in [3.63, 3.8) is 0 Å². The second-order valence-corrected chi connectivity index (χ2v) is 7.42. The number of hydrogen-bond donors (Lipinski definition) is 4. The maximum absolute atomic E-state index is 13.0. The number of phenolic OH excluding ortho intramolecular Hbond substituents is 3. The Labute approximate surface area is 168 Å². The van der Waals surface area contributed by atoms with E-state index in [1.807, 2.05) is 13.8 Å². The molecule has 0 saturated heterocycles. The van der Waals surface area contributed by atoms with E-state index < -0.39 is 34.7 Å². The number of rotatable bonds is 4. The zero-order chi connectivity index (χ0) is 21.5. The number of benzene rings is 2. The number of fused-ring (bicyclic) bond motifs is 1. The summed E-state index contributed by atoms with van der Waals surface area (Å²) >= 11 is 0. The number of carbonyl (C=O) groups excluding carboxylic acids is 1. The van der Waals surface area contributed by atoms with E-state index in [0.29, 0.717) is 11.3 Å².